The molecular weight excluding hydrogens is 539 g/mol. The zero-order chi connectivity index (χ0) is 28.6. The summed E-state index contributed by atoms with van der Waals surface area (Å²) in [5, 5.41) is 0. The molecule has 0 atom stereocenters. The van der Waals surface area contributed by atoms with Crippen LogP contribution in [0.15, 0.2) is 60.9 Å². The lowest BCUT2D eigenvalue weighted by molar-refractivity contribution is -0.184. The first kappa shape index (κ1) is 27.9. The number of fused-ring (bicyclic) bond motifs is 1. The normalized spacial score (nSPS) is 17.8. The van der Waals surface area contributed by atoms with Crippen LogP contribution in [0.5, 0.6) is 0 Å². The first-order chi connectivity index (χ1) is 19.1. The van der Waals surface area contributed by atoms with E-state index in [0.29, 0.717) is 5.69 Å². The molecule has 0 radical (unpaired) electrons. The van der Waals surface area contributed by atoms with Crippen LogP contribution < -0.4 is 4.90 Å². The molecule has 1 saturated carbocycles. The molecule has 10 heteroatoms. The Hall–Kier alpha value is -3.66. The van der Waals surface area contributed by atoms with Crippen LogP contribution in [0.2, 0.25) is 0 Å². The second-order valence-electron chi connectivity index (χ2n) is 10.4. The third kappa shape index (κ3) is 5.50. The van der Waals surface area contributed by atoms with Gasteiger partial charge in [0, 0.05) is 34.8 Å². The lowest BCUT2D eigenvalue weighted by Crippen LogP contribution is -2.43. The maximum absolute atomic E-state index is 13.7. The third-order valence-corrected chi connectivity index (χ3v) is 8.62. The second kappa shape index (κ2) is 11.1. The van der Waals surface area contributed by atoms with Crippen molar-refractivity contribution in [3.8, 4) is 21.7 Å². The molecule has 1 aliphatic carbocycles. The molecule has 0 unspecified atom stereocenters. The molecule has 0 bridgehead atoms. The van der Waals surface area contributed by atoms with Crippen LogP contribution in [0, 0.1) is 11.8 Å². The van der Waals surface area contributed by atoms with E-state index >= 15 is 0 Å². The van der Waals surface area contributed by atoms with Gasteiger partial charge in [0.15, 0.2) is 0 Å². The standard InChI is InChI=1S/C30H30F3N3O3S/c1-18(2)36(28(37)21-11-13-22(14-12-21)30(31,32)33)24-16-25(40-27(24)29(38)39-3)20-9-7-19(8-10-20)23-17-35-15-5-4-6-26(35)34-23/h4-10,15-18,21-22H,11-14H2,1-3H3/t21-,22-. The van der Waals surface area contributed by atoms with E-state index in [2.05, 4.69) is 4.98 Å². The summed E-state index contributed by atoms with van der Waals surface area (Å²) in [5.74, 6) is -2.72. The van der Waals surface area contributed by atoms with Gasteiger partial charge in [-0.1, -0.05) is 30.3 Å². The van der Waals surface area contributed by atoms with Crippen molar-refractivity contribution < 1.29 is 27.5 Å². The molecule has 3 heterocycles. The lowest BCUT2D eigenvalue weighted by atomic mass is 9.81. The van der Waals surface area contributed by atoms with Crippen LogP contribution in [-0.4, -0.2) is 40.6 Å². The predicted molar refractivity (Wildman–Crippen MR) is 149 cm³/mol. The van der Waals surface area contributed by atoms with Gasteiger partial charge in [-0.15, -0.1) is 11.3 Å². The summed E-state index contributed by atoms with van der Waals surface area (Å²) in [6.07, 6.45) is -0.148. The minimum atomic E-state index is -4.24. The number of ether oxygens (including phenoxy) is 1. The van der Waals surface area contributed by atoms with Crippen molar-refractivity contribution in [1.82, 2.24) is 9.38 Å². The fourth-order valence-corrected chi connectivity index (χ4v) is 6.41. The van der Waals surface area contributed by atoms with Crippen LogP contribution in [0.1, 0.15) is 49.2 Å². The Bertz CT molecular complexity index is 1480. The number of hydrogen-bond donors (Lipinski definition) is 0. The van der Waals surface area contributed by atoms with Crippen molar-refractivity contribution in [3.63, 3.8) is 0 Å². The van der Waals surface area contributed by atoms with Gasteiger partial charge in [0.05, 0.1) is 24.4 Å². The highest BCUT2D eigenvalue weighted by Crippen LogP contribution is 2.43. The molecule has 1 fully saturated rings. The molecule has 40 heavy (non-hydrogen) atoms. The number of alkyl halides is 3. The maximum atomic E-state index is 13.7. The number of methoxy groups -OCH3 is 1. The summed E-state index contributed by atoms with van der Waals surface area (Å²) in [6.45, 7) is 3.67. The molecule has 3 aromatic heterocycles. The minimum Gasteiger partial charge on any atom is -0.465 e. The molecule has 0 saturated heterocycles. The van der Waals surface area contributed by atoms with Crippen molar-refractivity contribution in [1.29, 1.82) is 0 Å². The van der Waals surface area contributed by atoms with Gasteiger partial charge in [0.1, 0.15) is 10.5 Å². The monoisotopic (exact) mass is 569 g/mol. The summed E-state index contributed by atoms with van der Waals surface area (Å²) in [5.41, 5.74) is 3.89. The second-order valence-corrected chi connectivity index (χ2v) is 11.4. The molecule has 1 amide bonds. The van der Waals surface area contributed by atoms with E-state index in [9.17, 15) is 22.8 Å². The Labute approximate surface area is 234 Å². The number of halogens is 3. The van der Waals surface area contributed by atoms with E-state index in [0.717, 1.165) is 27.3 Å². The number of aromatic nitrogens is 2. The molecule has 210 valence electrons. The van der Waals surface area contributed by atoms with E-state index in [-0.39, 0.29) is 42.5 Å². The molecular formula is C30H30F3N3O3S. The van der Waals surface area contributed by atoms with Crippen molar-refractivity contribution in [2.45, 2.75) is 51.7 Å². The number of rotatable bonds is 6. The number of hydrogen-bond acceptors (Lipinski definition) is 5. The Morgan fingerprint density at radius 1 is 1.05 bits per heavy atom. The Morgan fingerprint density at radius 2 is 1.73 bits per heavy atom. The molecule has 0 aliphatic heterocycles. The SMILES string of the molecule is COC(=O)c1sc(-c2ccc(-c3cn4ccccc4n3)cc2)cc1N(C(=O)[C@H]1CC[C@H](C(F)(F)F)CC1)C(C)C. The summed E-state index contributed by atoms with van der Waals surface area (Å²) in [6, 6.07) is 15.1. The fraction of sp³-hybridized carbons (Fsp3) is 0.367. The van der Waals surface area contributed by atoms with Gasteiger partial charge >= 0.3 is 12.1 Å². The maximum Gasteiger partial charge on any atom is 0.391 e. The highest BCUT2D eigenvalue weighted by molar-refractivity contribution is 7.18. The van der Waals surface area contributed by atoms with Crippen LogP contribution >= 0.6 is 11.3 Å². The van der Waals surface area contributed by atoms with Gasteiger partial charge in [-0.2, -0.15) is 13.2 Å². The van der Waals surface area contributed by atoms with E-state index in [1.165, 1.54) is 18.4 Å². The Morgan fingerprint density at radius 3 is 2.33 bits per heavy atom. The highest BCUT2D eigenvalue weighted by atomic mass is 32.1. The molecule has 6 nitrogen and oxygen atoms in total. The van der Waals surface area contributed by atoms with E-state index in [1.807, 2.05) is 73.1 Å². The zero-order valence-corrected chi connectivity index (χ0v) is 23.3. The number of thiophene rings is 1. The smallest absolute Gasteiger partial charge is 0.391 e. The molecule has 5 rings (SSSR count). The lowest BCUT2D eigenvalue weighted by Gasteiger charge is -2.34. The van der Waals surface area contributed by atoms with Gasteiger partial charge in [-0.25, -0.2) is 9.78 Å². The number of esters is 1. The first-order valence-corrected chi connectivity index (χ1v) is 14.0. The number of carbonyl (C=O) groups is 2. The molecule has 4 aromatic rings. The average Bonchev–Trinajstić information content (AvgIpc) is 3.57. The number of imidazole rings is 1. The van der Waals surface area contributed by atoms with Crippen molar-refractivity contribution in [2.24, 2.45) is 11.8 Å². The summed E-state index contributed by atoms with van der Waals surface area (Å²) >= 11 is 1.23. The Kier molecular flexibility index (Phi) is 7.72. The van der Waals surface area contributed by atoms with Crippen molar-refractivity contribution >= 4 is 34.5 Å². The Balaban J connectivity index is 1.44. The zero-order valence-electron chi connectivity index (χ0n) is 22.4. The number of nitrogens with zero attached hydrogens (tertiary/aromatic N) is 3. The number of carbonyl (C=O) groups excluding carboxylic acids is 2. The van der Waals surface area contributed by atoms with Gasteiger partial charge in [-0.3, -0.25) is 4.79 Å². The van der Waals surface area contributed by atoms with Gasteiger partial charge < -0.3 is 14.0 Å². The quantitative estimate of drug-likeness (QED) is 0.224. The largest absolute Gasteiger partial charge is 0.465 e. The van der Waals surface area contributed by atoms with Crippen LogP contribution in [-0.2, 0) is 9.53 Å². The predicted octanol–water partition coefficient (Wildman–Crippen LogP) is 7.63. The van der Waals surface area contributed by atoms with Crippen molar-refractivity contribution in [3.05, 3.63) is 65.8 Å². The number of benzene rings is 1. The van der Waals surface area contributed by atoms with E-state index in [1.54, 1.807) is 11.0 Å². The van der Waals surface area contributed by atoms with Crippen LogP contribution in [0.4, 0.5) is 18.9 Å². The molecule has 1 aliphatic rings. The first-order valence-electron chi connectivity index (χ1n) is 13.2. The number of pyridine rings is 1. The van der Waals surface area contributed by atoms with E-state index in [4.69, 9.17) is 4.74 Å². The fourth-order valence-electron chi connectivity index (χ4n) is 5.34. The number of anilines is 1. The van der Waals surface area contributed by atoms with Gasteiger partial charge in [0.25, 0.3) is 0 Å². The van der Waals surface area contributed by atoms with E-state index < -0.39 is 24.0 Å². The highest BCUT2D eigenvalue weighted by Gasteiger charge is 2.43. The third-order valence-electron chi connectivity index (χ3n) is 7.47. The average molecular weight is 570 g/mol. The summed E-state index contributed by atoms with van der Waals surface area (Å²) in [4.78, 5) is 33.7. The van der Waals surface area contributed by atoms with Crippen LogP contribution in [0.25, 0.3) is 27.3 Å². The van der Waals surface area contributed by atoms with Gasteiger partial charge in [0.2, 0.25) is 5.91 Å². The summed E-state index contributed by atoms with van der Waals surface area (Å²) in [7, 11) is 1.29. The topological polar surface area (TPSA) is 63.9 Å². The van der Waals surface area contributed by atoms with Crippen LogP contribution in [0.3, 0.4) is 0 Å². The van der Waals surface area contributed by atoms with Crippen molar-refractivity contribution in [2.75, 3.05) is 12.0 Å². The number of amides is 1. The molecule has 1 aromatic carbocycles. The minimum absolute atomic E-state index is 0.0662. The molecule has 0 N–H and O–H groups in total. The summed E-state index contributed by atoms with van der Waals surface area (Å²) < 4.78 is 46.5. The van der Waals surface area contributed by atoms with Gasteiger partial charge in [-0.05, 0) is 63.3 Å². The molecule has 0 spiro atoms.